The number of anilines is 1. The van der Waals surface area contributed by atoms with Crippen LogP contribution < -0.4 is 4.90 Å². The van der Waals surface area contributed by atoms with Gasteiger partial charge in [0.15, 0.2) is 0 Å². The molecule has 0 aliphatic carbocycles. The monoisotopic (exact) mass is 453 g/mol. The Morgan fingerprint density at radius 2 is 1.79 bits per heavy atom. The number of piperazine rings is 1. The summed E-state index contributed by atoms with van der Waals surface area (Å²) in [5, 5.41) is 5.05. The Kier molecular flexibility index (Phi) is 7.50. The van der Waals surface area contributed by atoms with Crippen molar-refractivity contribution in [1.29, 1.82) is 0 Å². The van der Waals surface area contributed by atoms with Crippen LogP contribution in [0.4, 0.5) is 10.2 Å². The van der Waals surface area contributed by atoms with E-state index in [0.717, 1.165) is 75.1 Å². The predicted molar refractivity (Wildman–Crippen MR) is 130 cm³/mol. The fraction of sp³-hybridized carbons (Fsp3) is 0.500. The molecule has 6 nitrogen and oxygen atoms in total. The fourth-order valence-corrected chi connectivity index (χ4v) is 4.47. The Morgan fingerprint density at radius 1 is 1.06 bits per heavy atom. The van der Waals surface area contributed by atoms with Crippen LogP contribution in [0.1, 0.15) is 44.2 Å². The third-order valence-electron chi connectivity index (χ3n) is 6.76. The maximum atomic E-state index is 13.7. The Bertz CT molecular complexity index is 1010. The summed E-state index contributed by atoms with van der Waals surface area (Å²) < 4.78 is 21.4. The molecule has 3 heterocycles. The molecule has 0 radical (unpaired) electrons. The highest BCUT2D eigenvalue weighted by Gasteiger charge is 2.28. The number of nitrogens with zero attached hydrogens (tertiary/aromatic N) is 5. The summed E-state index contributed by atoms with van der Waals surface area (Å²) in [5.41, 5.74) is 3.26. The molecule has 4 rings (SSSR count). The van der Waals surface area contributed by atoms with Gasteiger partial charge in [0.05, 0.1) is 24.2 Å². The Balaban J connectivity index is 1.76. The van der Waals surface area contributed by atoms with E-state index in [0.29, 0.717) is 6.04 Å². The molecule has 7 heteroatoms. The van der Waals surface area contributed by atoms with Crippen molar-refractivity contribution < 1.29 is 8.81 Å². The SMILES string of the molecule is CCc1nn(-c2ccc(F)cc2)c(N2CCN(C)CC2)c1CN(Cc1ccco1)[C@H](C)CC. The minimum absolute atomic E-state index is 0.232. The Morgan fingerprint density at radius 3 is 2.39 bits per heavy atom. The molecule has 0 unspecified atom stereocenters. The van der Waals surface area contributed by atoms with Gasteiger partial charge in [0.25, 0.3) is 0 Å². The van der Waals surface area contributed by atoms with Crippen LogP contribution in [-0.4, -0.2) is 58.8 Å². The summed E-state index contributed by atoms with van der Waals surface area (Å²) >= 11 is 0. The molecule has 1 aromatic carbocycles. The molecule has 1 aliphatic rings. The molecule has 0 spiro atoms. The lowest BCUT2D eigenvalue weighted by molar-refractivity contribution is 0.171. The number of aryl methyl sites for hydroxylation is 1. The number of halogens is 1. The number of aromatic nitrogens is 2. The standard InChI is InChI=1S/C26H36FN5O/c1-5-20(3)31(18-23-8-7-17-33-23)19-24-25(6-2)28-32(22-11-9-21(27)10-12-22)26(24)30-15-13-29(4)14-16-30/h7-12,17,20H,5-6,13-16,18-19H2,1-4H3/t20-/m1/s1. The highest BCUT2D eigenvalue weighted by Crippen LogP contribution is 2.31. The molecule has 178 valence electrons. The van der Waals surface area contributed by atoms with Gasteiger partial charge in [-0.05, 0) is 63.2 Å². The van der Waals surface area contributed by atoms with E-state index in [1.807, 2.05) is 28.9 Å². The van der Waals surface area contributed by atoms with Crippen LogP contribution in [0, 0.1) is 5.82 Å². The van der Waals surface area contributed by atoms with Gasteiger partial charge in [0, 0.05) is 44.3 Å². The second-order valence-corrected chi connectivity index (χ2v) is 9.02. The molecule has 0 N–H and O–H groups in total. The number of furan rings is 1. The second kappa shape index (κ2) is 10.5. The second-order valence-electron chi connectivity index (χ2n) is 9.02. The molecule has 33 heavy (non-hydrogen) atoms. The van der Waals surface area contributed by atoms with E-state index in [-0.39, 0.29) is 5.82 Å². The van der Waals surface area contributed by atoms with Gasteiger partial charge < -0.3 is 14.2 Å². The maximum absolute atomic E-state index is 13.7. The van der Waals surface area contributed by atoms with E-state index in [1.54, 1.807) is 6.26 Å². The molecule has 2 aromatic heterocycles. The van der Waals surface area contributed by atoms with Crippen LogP contribution in [0.25, 0.3) is 5.69 Å². The molecule has 0 amide bonds. The summed E-state index contributed by atoms with van der Waals surface area (Å²) in [4.78, 5) is 7.29. The average Bonchev–Trinajstić information content (AvgIpc) is 3.47. The molecule has 1 saturated heterocycles. The molecule has 0 saturated carbocycles. The predicted octanol–water partition coefficient (Wildman–Crippen LogP) is 4.72. The number of rotatable bonds is 9. The third-order valence-corrected chi connectivity index (χ3v) is 6.76. The van der Waals surface area contributed by atoms with Crippen molar-refractivity contribution in [3.63, 3.8) is 0 Å². The number of hydrogen-bond acceptors (Lipinski definition) is 5. The van der Waals surface area contributed by atoms with Crippen molar-refractivity contribution in [2.24, 2.45) is 0 Å². The van der Waals surface area contributed by atoms with Crippen LogP contribution in [0.5, 0.6) is 0 Å². The molecule has 1 aliphatic heterocycles. The first-order valence-corrected chi connectivity index (χ1v) is 12.1. The van der Waals surface area contributed by atoms with Crippen molar-refractivity contribution >= 4 is 5.82 Å². The highest BCUT2D eigenvalue weighted by atomic mass is 19.1. The summed E-state index contributed by atoms with van der Waals surface area (Å²) in [6, 6.07) is 11.1. The van der Waals surface area contributed by atoms with Gasteiger partial charge in [-0.1, -0.05) is 13.8 Å². The van der Waals surface area contributed by atoms with Gasteiger partial charge >= 0.3 is 0 Å². The van der Waals surface area contributed by atoms with Gasteiger partial charge in [-0.25, -0.2) is 9.07 Å². The van der Waals surface area contributed by atoms with Gasteiger partial charge in [0.1, 0.15) is 17.4 Å². The first-order chi connectivity index (χ1) is 16.0. The van der Waals surface area contributed by atoms with Crippen LogP contribution in [0.15, 0.2) is 47.1 Å². The van der Waals surface area contributed by atoms with Gasteiger partial charge in [-0.15, -0.1) is 0 Å². The minimum atomic E-state index is -0.232. The van der Waals surface area contributed by atoms with Gasteiger partial charge in [0.2, 0.25) is 0 Å². The van der Waals surface area contributed by atoms with Gasteiger partial charge in [-0.3, -0.25) is 4.90 Å². The molecule has 3 aromatic rings. The summed E-state index contributed by atoms with van der Waals surface area (Å²) in [6.45, 7) is 12.1. The normalized spacial score (nSPS) is 16.0. The van der Waals surface area contributed by atoms with Crippen molar-refractivity contribution in [2.45, 2.75) is 52.7 Å². The maximum Gasteiger partial charge on any atom is 0.137 e. The van der Waals surface area contributed by atoms with E-state index in [9.17, 15) is 4.39 Å². The lowest BCUT2D eigenvalue weighted by Gasteiger charge is -2.35. The van der Waals surface area contributed by atoms with Crippen molar-refractivity contribution in [1.82, 2.24) is 19.6 Å². The van der Waals surface area contributed by atoms with E-state index in [4.69, 9.17) is 9.52 Å². The largest absolute Gasteiger partial charge is 0.468 e. The number of benzene rings is 1. The van der Waals surface area contributed by atoms with Crippen LogP contribution in [-0.2, 0) is 19.5 Å². The first kappa shape index (κ1) is 23.5. The summed E-state index contributed by atoms with van der Waals surface area (Å²) in [5.74, 6) is 1.88. The minimum Gasteiger partial charge on any atom is -0.468 e. The zero-order chi connectivity index (χ0) is 23.4. The lowest BCUT2D eigenvalue weighted by Crippen LogP contribution is -2.45. The smallest absolute Gasteiger partial charge is 0.137 e. The molecular weight excluding hydrogens is 417 g/mol. The third kappa shape index (κ3) is 5.31. The fourth-order valence-electron chi connectivity index (χ4n) is 4.47. The lowest BCUT2D eigenvalue weighted by atomic mass is 10.1. The molecule has 0 bridgehead atoms. The Labute approximate surface area is 196 Å². The quantitative estimate of drug-likeness (QED) is 0.469. The topological polar surface area (TPSA) is 40.7 Å². The van der Waals surface area contributed by atoms with Crippen molar-refractivity contribution in [3.8, 4) is 5.69 Å². The first-order valence-electron chi connectivity index (χ1n) is 12.1. The van der Waals surface area contributed by atoms with E-state index in [2.05, 4.69) is 42.5 Å². The molecular formula is C26H36FN5O. The van der Waals surface area contributed by atoms with Crippen LogP contribution in [0.2, 0.25) is 0 Å². The highest BCUT2D eigenvalue weighted by molar-refractivity contribution is 5.56. The summed E-state index contributed by atoms with van der Waals surface area (Å²) in [7, 11) is 2.17. The van der Waals surface area contributed by atoms with Crippen molar-refractivity contribution in [3.05, 3.63) is 65.5 Å². The summed E-state index contributed by atoms with van der Waals surface area (Å²) in [6.07, 6.45) is 3.64. The molecule has 1 atom stereocenters. The zero-order valence-electron chi connectivity index (χ0n) is 20.3. The Hall–Kier alpha value is -2.64. The zero-order valence-corrected chi connectivity index (χ0v) is 20.3. The average molecular weight is 454 g/mol. The van der Waals surface area contributed by atoms with Gasteiger partial charge in [-0.2, -0.15) is 5.10 Å². The molecule has 1 fully saturated rings. The van der Waals surface area contributed by atoms with Crippen molar-refractivity contribution in [2.75, 3.05) is 38.1 Å². The van der Waals surface area contributed by atoms with Crippen LogP contribution >= 0.6 is 0 Å². The van der Waals surface area contributed by atoms with E-state index >= 15 is 0 Å². The van der Waals surface area contributed by atoms with E-state index in [1.165, 1.54) is 17.7 Å². The van der Waals surface area contributed by atoms with Crippen LogP contribution in [0.3, 0.4) is 0 Å². The van der Waals surface area contributed by atoms with E-state index < -0.39 is 0 Å². The number of likely N-dealkylation sites (N-methyl/N-ethyl adjacent to an activating group) is 1. The number of hydrogen-bond donors (Lipinski definition) is 0.